The van der Waals surface area contributed by atoms with Crippen LogP contribution >= 0.6 is 12.4 Å². The van der Waals surface area contributed by atoms with Gasteiger partial charge in [0.25, 0.3) is 0 Å². The first-order valence-corrected chi connectivity index (χ1v) is 7.66. The number of carbonyl (C=O) groups is 1. The summed E-state index contributed by atoms with van der Waals surface area (Å²) in [5.74, 6) is 0.640. The molecule has 130 valence electrons. The average Bonchev–Trinajstić information content (AvgIpc) is 2.98. The topological polar surface area (TPSA) is 89.3 Å². The monoisotopic (exact) mass is 352 g/mol. The van der Waals surface area contributed by atoms with E-state index in [9.17, 15) is 4.79 Å². The van der Waals surface area contributed by atoms with Crippen molar-refractivity contribution in [1.29, 1.82) is 0 Å². The van der Waals surface area contributed by atoms with Gasteiger partial charge in [-0.05, 0) is 26.0 Å². The van der Waals surface area contributed by atoms with Crippen LogP contribution in [0.2, 0.25) is 0 Å². The van der Waals surface area contributed by atoms with Gasteiger partial charge in [-0.2, -0.15) is 4.98 Å². The number of hydrogen-bond donors (Lipinski definition) is 2. The van der Waals surface area contributed by atoms with E-state index >= 15 is 0 Å². The van der Waals surface area contributed by atoms with E-state index in [4.69, 9.17) is 9.26 Å². The SMILES string of the molecule is Cc1ccc(NC(=O)Cc2noc([C@H]3NCCO[C@@H]3C)n2)cc1.Cl. The van der Waals surface area contributed by atoms with Crippen molar-refractivity contribution in [3.8, 4) is 0 Å². The van der Waals surface area contributed by atoms with Crippen LogP contribution in [0.25, 0.3) is 0 Å². The first-order valence-electron chi connectivity index (χ1n) is 7.66. The summed E-state index contributed by atoms with van der Waals surface area (Å²) in [5.41, 5.74) is 1.89. The molecule has 0 bridgehead atoms. The molecule has 3 rings (SSSR count). The second kappa shape index (κ2) is 8.23. The molecule has 1 amide bonds. The predicted octanol–water partition coefficient (Wildman–Crippen LogP) is 2.03. The Morgan fingerprint density at radius 1 is 1.38 bits per heavy atom. The molecule has 1 aromatic carbocycles. The summed E-state index contributed by atoms with van der Waals surface area (Å²) in [5, 5.41) is 9.97. The molecule has 0 radical (unpaired) electrons. The number of rotatable bonds is 4. The highest BCUT2D eigenvalue weighted by atomic mass is 35.5. The third kappa shape index (κ3) is 4.53. The number of aryl methyl sites for hydroxylation is 1. The molecule has 1 aromatic heterocycles. The van der Waals surface area contributed by atoms with Crippen LogP contribution in [0.1, 0.15) is 30.2 Å². The lowest BCUT2D eigenvalue weighted by Gasteiger charge is -2.27. The van der Waals surface area contributed by atoms with Crippen molar-refractivity contribution in [2.75, 3.05) is 18.5 Å². The van der Waals surface area contributed by atoms with Crippen LogP contribution in [0, 0.1) is 6.92 Å². The van der Waals surface area contributed by atoms with Crippen LogP contribution in [-0.4, -0.2) is 35.3 Å². The Hall–Kier alpha value is -1.96. The molecule has 7 nitrogen and oxygen atoms in total. The minimum absolute atomic E-state index is 0. The molecule has 1 saturated heterocycles. The molecule has 0 aliphatic carbocycles. The standard InChI is InChI=1S/C16H20N4O3.ClH/c1-10-3-5-12(6-4-10)18-14(21)9-13-19-16(23-20-13)15-11(2)22-8-7-17-15;/h3-6,11,15,17H,7-9H2,1-2H3,(H,18,21);1H/t11-,15+;/m1./s1. The van der Waals surface area contributed by atoms with Crippen molar-refractivity contribution in [2.45, 2.75) is 32.4 Å². The summed E-state index contributed by atoms with van der Waals surface area (Å²) >= 11 is 0. The van der Waals surface area contributed by atoms with E-state index in [1.54, 1.807) is 0 Å². The molecule has 0 saturated carbocycles. The highest BCUT2D eigenvalue weighted by Crippen LogP contribution is 2.20. The van der Waals surface area contributed by atoms with Gasteiger partial charge in [-0.15, -0.1) is 12.4 Å². The van der Waals surface area contributed by atoms with Gasteiger partial charge in [0.15, 0.2) is 5.82 Å². The predicted molar refractivity (Wildman–Crippen MR) is 91.2 cm³/mol. The number of aromatic nitrogens is 2. The van der Waals surface area contributed by atoms with E-state index in [1.165, 1.54) is 0 Å². The van der Waals surface area contributed by atoms with Gasteiger partial charge in [-0.3, -0.25) is 4.79 Å². The Balaban J connectivity index is 0.00000208. The van der Waals surface area contributed by atoms with Gasteiger partial charge in [0.2, 0.25) is 11.8 Å². The largest absolute Gasteiger partial charge is 0.375 e. The molecule has 1 aliphatic rings. The van der Waals surface area contributed by atoms with Crippen LogP contribution in [0.4, 0.5) is 5.69 Å². The van der Waals surface area contributed by atoms with E-state index < -0.39 is 0 Å². The van der Waals surface area contributed by atoms with Gasteiger partial charge >= 0.3 is 0 Å². The van der Waals surface area contributed by atoms with Gasteiger partial charge in [-0.1, -0.05) is 22.9 Å². The van der Waals surface area contributed by atoms with Crippen molar-refractivity contribution < 1.29 is 14.1 Å². The van der Waals surface area contributed by atoms with Crippen LogP contribution in [0.5, 0.6) is 0 Å². The number of benzene rings is 1. The lowest BCUT2D eigenvalue weighted by Crippen LogP contribution is -2.40. The zero-order valence-electron chi connectivity index (χ0n) is 13.6. The number of morpholine rings is 1. The number of nitrogens with one attached hydrogen (secondary N) is 2. The number of hydrogen-bond acceptors (Lipinski definition) is 6. The minimum atomic E-state index is -0.179. The number of halogens is 1. The van der Waals surface area contributed by atoms with Gasteiger partial charge in [0.05, 0.1) is 19.1 Å². The van der Waals surface area contributed by atoms with Gasteiger partial charge in [0.1, 0.15) is 6.04 Å². The molecule has 0 spiro atoms. The molecule has 24 heavy (non-hydrogen) atoms. The zero-order chi connectivity index (χ0) is 16.2. The summed E-state index contributed by atoms with van der Waals surface area (Å²) in [6, 6.07) is 7.47. The fourth-order valence-corrected chi connectivity index (χ4v) is 2.46. The van der Waals surface area contributed by atoms with E-state index in [0.29, 0.717) is 18.3 Å². The fourth-order valence-electron chi connectivity index (χ4n) is 2.46. The van der Waals surface area contributed by atoms with Gasteiger partial charge < -0.3 is 19.9 Å². The Bertz CT molecular complexity index is 674. The lowest BCUT2D eigenvalue weighted by molar-refractivity contribution is -0.115. The molecule has 1 aliphatic heterocycles. The number of anilines is 1. The minimum Gasteiger partial charge on any atom is -0.375 e. The number of nitrogens with zero attached hydrogens (tertiary/aromatic N) is 2. The second-order valence-electron chi connectivity index (χ2n) is 5.65. The molecule has 8 heteroatoms. The first-order chi connectivity index (χ1) is 11.1. The van der Waals surface area contributed by atoms with E-state index in [1.807, 2.05) is 38.1 Å². The van der Waals surface area contributed by atoms with E-state index in [-0.39, 0.29) is 36.9 Å². The summed E-state index contributed by atoms with van der Waals surface area (Å²) in [6.45, 7) is 5.35. The summed E-state index contributed by atoms with van der Waals surface area (Å²) in [6.07, 6.45) is 0.0257. The Morgan fingerprint density at radius 2 is 2.12 bits per heavy atom. The lowest BCUT2D eigenvalue weighted by atomic mass is 10.1. The fraction of sp³-hybridized carbons (Fsp3) is 0.438. The molecule has 2 atom stereocenters. The second-order valence-corrected chi connectivity index (χ2v) is 5.65. The van der Waals surface area contributed by atoms with Crippen LogP contribution in [0.15, 0.2) is 28.8 Å². The molecular formula is C16H21ClN4O3. The summed E-state index contributed by atoms with van der Waals surface area (Å²) in [7, 11) is 0. The first kappa shape index (κ1) is 18.4. The third-order valence-corrected chi connectivity index (χ3v) is 3.72. The summed E-state index contributed by atoms with van der Waals surface area (Å²) < 4.78 is 10.8. The Labute approximate surface area is 146 Å². The maximum atomic E-state index is 12.0. The molecule has 2 N–H and O–H groups in total. The van der Waals surface area contributed by atoms with Crippen molar-refractivity contribution >= 4 is 24.0 Å². The normalized spacial score (nSPS) is 20.2. The average molecular weight is 353 g/mol. The number of ether oxygens (including phenoxy) is 1. The van der Waals surface area contributed by atoms with Crippen LogP contribution < -0.4 is 10.6 Å². The van der Waals surface area contributed by atoms with Gasteiger partial charge in [0, 0.05) is 12.2 Å². The molecular weight excluding hydrogens is 332 g/mol. The zero-order valence-corrected chi connectivity index (χ0v) is 14.4. The third-order valence-electron chi connectivity index (χ3n) is 3.72. The van der Waals surface area contributed by atoms with Crippen molar-refractivity contribution in [1.82, 2.24) is 15.5 Å². The van der Waals surface area contributed by atoms with Crippen molar-refractivity contribution in [3.63, 3.8) is 0 Å². The molecule has 0 unspecified atom stereocenters. The van der Waals surface area contributed by atoms with Gasteiger partial charge in [-0.25, -0.2) is 0 Å². The maximum Gasteiger partial charge on any atom is 0.246 e. The number of amides is 1. The Morgan fingerprint density at radius 3 is 2.83 bits per heavy atom. The van der Waals surface area contributed by atoms with Crippen LogP contribution in [-0.2, 0) is 16.0 Å². The molecule has 2 aromatic rings. The smallest absolute Gasteiger partial charge is 0.246 e. The maximum absolute atomic E-state index is 12.0. The van der Waals surface area contributed by atoms with Crippen molar-refractivity contribution in [2.24, 2.45) is 0 Å². The van der Waals surface area contributed by atoms with E-state index in [0.717, 1.165) is 17.8 Å². The Kier molecular flexibility index (Phi) is 6.30. The number of carbonyl (C=O) groups excluding carboxylic acids is 1. The van der Waals surface area contributed by atoms with Crippen molar-refractivity contribution in [3.05, 3.63) is 41.5 Å². The van der Waals surface area contributed by atoms with Crippen LogP contribution in [0.3, 0.4) is 0 Å². The quantitative estimate of drug-likeness (QED) is 0.875. The highest BCUT2D eigenvalue weighted by Gasteiger charge is 2.28. The molecule has 1 fully saturated rings. The highest BCUT2D eigenvalue weighted by molar-refractivity contribution is 5.91. The summed E-state index contributed by atoms with van der Waals surface area (Å²) in [4.78, 5) is 16.3. The van der Waals surface area contributed by atoms with E-state index in [2.05, 4.69) is 20.8 Å². The molecule has 2 heterocycles.